The van der Waals surface area contributed by atoms with Crippen molar-refractivity contribution in [2.45, 2.75) is 33.6 Å². The molecular weight excluding hydrogens is 148 g/mol. The molecule has 0 saturated heterocycles. The largest absolute Gasteiger partial charge is 0.330 e. The first-order valence-corrected chi connectivity index (χ1v) is 5.16. The molecule has 74 valence electrons. The van der Waals surface area contributed by atoms with E-state index < -0.39 is 0 Å². The summed E-state index contributed by atoms with van der Waals surface area (Å²) in [7, 11) is 0. The van der Waals surface area contributed by atoms with E-state index in [1.54, 1.807) is 0 Å². The molecule has 0 aromatic heterocycles. The fourth-order valence-corrected chi connectivity index (χ4v) is 1.32. The molecule has 0 aliphatic rings. The Morgan fingerprint density at radius 2 is 1.83 bits per heavy atom. The zero-order valence-electron chi connectivity index (χ0n) is 8.84. The van der Waals surface area contributed by atoms with E-state index in [9.17, 15) is 0 Å². The van der Waals surface area contributed by atoms with Gasteiger partial charge in [-0.15, -0.1) is 0 Å². The molecule has 0 amide bonds. The summed E-state index contributed by atoms with van der Waals surface area (Å²) in [6.45, 7) is 11.1. The van der Waals surface area contributed by atoms with E-state index in [2.05, 4.69) is 25.7 Å². The van der Waals surface area contributed by atoms with Crippen LogP contribution >= 0.6 is 0 Å². The highest BCUT2D eigenvalue weighted by Crippen LogP contribution is 2.04. The van der Waals surface area contributed by atoms with Gasteiger partial charge in [0.25, 0.3) is 0 Å². The van der Waals surface area contributed by atoms with Crippen LogP contribution in [0.5, 0.6) is 0 Å². The van der Waals surface area contributed by atoms with Crippen molar-refractivity contribution < 1.29 is 0 Å². The standard InChI is InChI=1S/C10H24N2/c1-4-12(5-2)8-6-7-10(3)9-11/h10H,4-9,11H2,1-3H3. The van der Waals surface area contributed by atoms with Crippen LogP contribution in [0.4, 0.5) is 0 Å². The molecule has 0 fully saturated rings. The Balaban J connectivity index is 3.28. The monoisotopic (exact) mass is 172 g/mol. The van der Waals surface area contributed by atoms with Gasteiger partial charge < -0.3 is 10.6 Å². The number of nitrogens with zero attached hydrogens (tertiary/aromatic N) is 1. The zero-order chi connectivity index (χ0) is 9.40. The van der Waals surface area contributed by atoms with Gasteiger partial charge in [0.15, 0.2) is 0 Å². The first kappa shape index (κ1) is 11.9. The Morgan fingerprint density at radius 1 is 1.25 bits per heavy atom. The molecule has 12 heavy (non-hydrogen) atoms. The topological polar surface area (TPSA) is 29.3 Å². The maximum atomic E-state index is 5.54. The van der Waals surface area contributed by atoms with E-state index in [-0.39, 0.29) is 0 Å². The van der Waals surface area contributed by atoms with E-state index in [0.29, 0.717) is 5.92 Å². The lowest BCUT2D eigenvalue weighted by Crippen LogP contribution is -2.24. The minimum absolute atomic E-state index is 0.695. The average molecular weight is 172 g/mol. The highest BCUT2D eigenvalue weighted by molar-refractivity contribution is 4.57. The van der Waals surface area contributed by atoms with Crippen molar-refractivity contribution in [1.82, 2.24) is 4.90 Å². The number of hydrogen-bond donors (Lipinski definition) is 1. The van der Waals surface area contributed by atoms with Crippen LogP contribution in [0, 0.1) is 5.92 Å². The molecule has 0 bridgehead atoms. The van der Waals surface area contributed by atoms with Crippen molar-refractivity contribution in [3.8, 4) is 0 Å². The van der Waals surface area contributed by atoms with Gasteiger partial charge in [-0.25, -0.2) is 0 Å². The molecule has 2 N–H and O–H groups in total. The minimum atomic E-state index is 0.695. The third-order valence-corrected chi connectivity index (χ3v) is 2.47. The van der Waals surface area contributed by atoms with Crippen molar-refractivity contribution in [2.75, 3.05) is 26.2 Å². The van der Waals surface area contributed by atoms with Gasteiger partial charge in [0.2, 0.25) is 0 Å². The molecule has 0 aromatic carbocycles. The lowest BCUT2D eigenvalue weighted by atomic mass is 10.1. The molecule has 2 nitrogen and oxygen atoms in total. The van der Waals surface area contributed by atoms with Gasteiger partial charge in [0.1, 0.15) is 0 Å². The summed E-state index contributed by atoms with van der Waals surface area (Å²) < 4.78 is 0. The second kappa shape index (κ2) is 7.56. The fourth-order valence-electron chi connectivity index (χ4n) is 1.32. The lowest BCUT2D eigenvalue weighted by Gasteiger charge is -2.18. The number of hydrogen-bond acceptors (Lipinski definition) is 2. The van der Waals surface area contributed by atoms with Crippen molar-refractivity contribution in [1.29, 1.82) is 0 Å². The second-order valence-corrected chi connectivity index (χ2v) is 3.51. The van der Waals surface area contributed by atoms with Crippen LogP contribution in [0.2, 0.25) is 0 Å². The van der Waals surface area contributed by atoms with Crippen LogP contribution in [0.25, 0.3) is 0 Å². The maximum absolute atomic E-state index is 5.54. The molecule has 0 rings (SSSR count). The van der Waals surface area contributed by atoms with Gasteiger partial charge in [-0.3, -0.25) is 0 Å². The smallest absolute Gasteiger partial charge is 0.00189 e. The lowest BCUT2D eigenvalue weighted by molar-refractivity contribution is 0.289. The molecule has 0 spiro atoms. The maximum Gasteiger partial charge on any atom is -0.00189 e. The van der Waals surface area contributed by atoms with Gasteiger partial charge in [0.05, 0.1) is 0 Å². The predicted octanol–water partition coefficient (Wildman–Crippen LogP) is 1.70. The Morgan fingerprint density at radius 3 is 2.25 bits per heavy atom. The van der Waals surface area contributed by atoms with Gasteiger partial charge in [-0.2, -0.15) is 0 Å². The summed E-state index contributed by atoms with van der Waals surface area (Å²) in [5.41, 5.74) is 5.54. The zero-order valence-corrected chi connectivity index (χ0v) is 8.84. The summed E-state index contributed by atoms with van der Waals surface area (Å²) in [6.07, 6.45) is 2.56. The minimum Gasteiger partial charge on any atom is -0.330 e. The Bertz CT molecular complexity index is 89.8. The average Bonchev–Trinajstić information content (AvgIpc) is 2.12. The molecule has 1 unspecified atom stereocenters. The van der Waals surface area contributed by atoms with Crippen LogP contribution in [0.1, 0.15) is 33.6 Å². The summed E-state index contributed by atoms with van der Waals surface area (Å²) in [6, 6.07) is 0. The SMILES string of the molecule is CCN(CC)CCCC(C)CN. The summed E-state index contributed by atoms with van der Waals surface area (Å²) in [4.78, 5) is 2.46. The van der Waals surface area contributed by atoms with Crippen molar-refractivity contribution in [3.05, 3.63) is 0 Å². The highest BCUT2D eigenvalue weighted by atomic mass is 15.1. The summed E-state index contributed by atoms with van der Waals surface area (Å²) in [5.74, 6) is 0.695. The van der Waals surface area contributed by atoms with Crippen LogP contribution in [-0.2, 0) is 0 Å². The van der Waals surface area contributed by atoms with E-state index in [4.69, 9.17) is 5.73 Å². The van der Waals surface area contributed by atoms with Crippen LogP contribution in [0.3, 0.4) is 0 Å². The summed E-state index contributed by atoms with van der Waals surface area (Å²) >= 11 is 0. The molecule has 0 aliphatic heterocycles. The predicted molar refractivity (Wildman–Crippen MR) is 55.2 cm³/mol. The normalized spacial score (nSPS) is 13.8. The van der Waals surface area contributed by atoms with E-state index in [0.717, 1.165) is 6.54 Å². The molecule has 0 saturated carbocycles. The van der Waals surface area contributed by atoms with Gasteiger partial charge in [0, 0.05) is 0 Å². The fraction of sp³-hybridized carbons (Fsp3) is 1.00. The van der Waals surface area contributed by atoms with Crippen molar-refractivity contribution in [2.24, 2.45) is 11.7 Å². The van der Waals surface area contributed by atoms with E-state index in [1.165, 1.54) is 32.5 Å². The molecule has 0 heterocycles. The van der Waals surface area contributed by atoms with Crippen molar-refractivity contribution in [3.63, 3.8) is 0 Å². The first-order chi connectivity index (χ1) is 5.74. The first-order valence-electron chi connectivity index (χ1n) is 5.16. The highest BCUT2D eigenvalue weighted by Gasteiger charge is 2.01. The van der Waals surface area contributed by atoms with Crippen LogP contribution < -0.4 is 5.73 Å². The number of rotatable bonds is 7. The third kappa shape index (κ3) is 5.56. The molecule has 2 heteroatoms. The van der Waals surface area contributed by atoms with Gasteiger partial charge in [-0.05, 0) is 44.9 Å². The summed E-state index contributed by atoms with van der Waals surface area (Å²) in [5, 5.41) is 0. The Hall–Kier alpha value is -0.0800. The quantitative estimate of drug-likeness (QED) is 0.633. The second-order valence-electron chi connectivity index (χ2n) is 3.51. The van der Waals surface area contributed by atoms with E-state index >= 15 is 0 Å². The van der Waals surface area contributed by atoms with E-state index in [1.807, 2.05) is 0 Å². The van der Waals surface area contributed by atoms with Gasteiger partial charge in [-0.1, -0.05) is 20.8 Å². The molecule has 1 atom stereocenters. The Kier molecular flexibility index (Phi) is 7.51. The molecule has 0 radical (unpaired) electrons. The molecule has 0 aromatic rings. The molecule has 0 aliphatic carbocycles. The van der Waals surface area contributed by atoms with Crippen LogP contribution in [-0.4, -0.2) is 31.1 Å². The van der Waals surface area contributed by atoms with Crippen LogP contribution in [0.15, 0.2) is 0 Å². The third-order valence-electron chi connectivity index (χ3n) is 2.47. The van der Waals surface area contributed by atoms with Crippen molar-refractivity contribution >= 4 is 0 Å². The Labute approximate surface area is 77.1 Å². The van der Waals surface area contributed by atoms with Gasteiger partial charge >= 0.3 is 0 Å². The molecular formula is C10H24N2. The number of nitrogens with two attached hydrogens (primary N) is 1.